The number of urea groups is 1. The molecule has 3 aromatic rings. The molecule has 2 amide bonds. The van der Waals surface area contributed by atoms with Gasteiger partial charge in [-0.25, -0.2) is 9.48 Å². The molecule has 10 heteroatoms. The van der Waals surface area contributed by atoms with Gasteiger partial charge < -0.3 is 20.3 Å². The maximum absolute atomic E-state index is 12.7. The first kappa shape index (κ1) is 20.9. The summed E-state index contributed by atoms with van der Waals surface area (Å²) in [5.74, 6) is 1.60. The van der Waals surface area contributed by atoms with Crippen LogP contribution in [0, 0.1) is 0 Å². The molecular weight excluding hydrogens is 418 g/mol. The minimum atomic E-state index is -0.263. The molecule has 1 saturated heterocycles. The smallest absolute Gasteiger partial charge is 0.319 e. The number of piperidine rings is 1. The Hall–Kier alpha value is -3.33. The zero-order chi connectivity index (χ0) is 21.8. The van der Waals surface area contributed by atoms with Gasteiger partial charge in [0.05, 0.1) is 19.5 Å². The number of hydrogen-bond donors (Lipinski definition) is 2. The Labute approximate surface area is 185 Å². The number of aromatic nitrogens is 4. The highest BCUT2D eigenvalue weighted by Gasteiger charge is 2.33. The van der Waals surface area contributed by atoms with E-state index in [9.17, 15) is 4.79 Å². The van der Waals surface area contributed by atoms with Crippen LogP contribution in [-0.4, -0.2) is 52.3 Å². The van der Waals surface area contributed by atoms with Crippen molar-refractivity contribution in [2.24, 2.45) is 7.05 Å². The summed E-state index contributed by atoms with van der Waals surface area (Å²) in [4.78, 5) is 19.5. The second-order valence-corrected chi connectivity index (χ2v) is 7.83. The number of benzene rings is 1. The number of pyridine rings is 1. The number of carbonyl (C=O) groups excluding carboxylic acids is 1. The molecule has 9 nitrogen and oxygen atoms in total. The molecule has 2 atom stereocenters. The van der Waals surface area contributed by atoms with Crippen LogP contribution in [0.25, 0.3) is 0 Å². The molecule has 2 aromatic heterocycles. The molecule has 0 bridgehead atoms. The summed E-state index contributed by atoms with van der Waals surface area (Å²) < 4.78 is 6.99. The first-order chi connectivity index (χ1) is 15.0. The average Bonchev–Trinajstić information content (AvgIpc) is 3.21. The average molecular weight is 442 g/mol. The monoisotopic (exact) mass is 441 g/mol. The van der Waals surface area contributed by atoms with Gasteiger partial charge in [-0.1, -0.05) is 16.8 Å². The van der Waals surface area contributed by atoms with Crippen LogP contribution in [0.1, 0.15) is 18.0 Å². The van der Waals surface area contributed by atoms with Gasteiger partial charge in [-0.05, 0) is 42.8 Å². The third kappa shape index (κ3) is 4.88. The number of aryl methyl sites for hydroxylation is 1. The van der Waals surface area contributed by atoms with E-state index in [0.717, 1.165) is 24.5 Å². The van der Waals surface area contributed by atoms with Crippen molar-refractivity contribution in [1.82, 2.24) is 25.3 Å². The highest BCUT2D eigenvalue weighted by Crippen LogP contribution is 2.30. The molecular formula is C21H24ClN7O2. The fourth-order valence-electron chi connectivity index (χ4n) is 3.80. The Kier molecular flexibility index (Phi) is 6.22. The van der Waals surface area contributed by atoms with Crippen molar-refractivity contribution in [1.29, 1.82) is 0 Å². The zero-order valence-electron chi connectivity index (χ0n) is 17.3. The number of amides is 2. The summed E-state index contributed by atoms with van der Waals surface area (Å²) in [6.07, 6.45) is 4.20. The Balaban J connectivity index is 1.52. The molecule has 1 aromatic carbocycles. The van der Waals surface area contributed by atoms with E-state index in [1.165, 1.54) is 0 Å². The summed E-state index contributed by atoms with van der Waals surface area (Å²) in [6, 6.07) is 10.5. The van der Waals surface area contributed by atoms with Crippen LogP contribution in [0.15, 0.2) is 48.8 Å². The predicted octanol–water partition coefficient (Wildman–Crippen LogP) is 3.06. The van der Waals surface area contributed by atoms with Crippen LogP contribution in [0.5, 0.6) is 5.75 Å². The van der Waals surface area contributed by atoms with Gasteiger partial charge in [0.2, 0.25) is 0 Å². The fourth-order valence-corrected chi connectivity index (χ4v) is 3.93. The van der Waals surface area contributed by atoms with Crippen molar-refractivity contribution in [3.8, 4) is 5.75 Å². The molecule has 1 aliphatic rings. The fraction of sp³-hybridized carbons (Fsp3) is 0.333. The molecule has 2 N–H and O–H groups in total. The summed E-state index contributed by atoms with van der Waals surface area (Å²) >= 11 is 5.92. The highest BCUT2D eigenvalue weighted by atomic mass is 35.5. The largest absolute Gasteiger partial charge is 0.495 e. The molecule has 0 aliphatic carbocycles. The summed E-state index contributed by atoms with van der Waals surface area (Å²) in [5.41, 5.74) is 1.57. The van der Waals surface area contributed by atoms with Gasteiger partial charge in [0.25, 0.3) is 0 Å². The quantitative estimate of drug-likeness (QED) is 0.631. The second-order valence-electron chi connectivity index (χ2n) is 7.39. The van der Waals surface area contributed by atoms with Crippen LogP contribution in [-0.2, 0) is 7.05 Å². The normalized spacial score (nSPS) is 18.5. The van der Waals surface area contributed by atoms with Crippen molar-refractivity contribution < 1.29 is 9.53 Å². The Morgan fingerprint density at radius 1 is 1.19 bits per heavy atom. The SMILES string of the molecule is COc1ccc(C2CN(c3cnnn3C)CCC2NC(=O)Nc2ccc(Cl)cc2)nc1. The van der Waals surface area contributed by atoms with E-state index in [0.29, 0.717) is 23.0 Å². The van der Waals surface area contributed by atoms with Gasteiger partial charge in [0.15, 0.2) is 0 Å². The van der Waals surface area contributed by atoms with E-state index in [-0.39, 0.29) is 18.0 Å². The number of methoxy groups -OCH3 is 1. The molecule has 2 unspecified atom stereocenters. The van der Waals surface area contributed by atoms with Crippen LogP contribution < -0.4 is 20.3 Å². The van der Waals surface area contributed by atoms with Crippen LogP contribution in [0.4, 0.5) is 16.3 Å². The lowest BCUT2D eigenvalue weighted by Crippen LogP contribution is -2.51. The van der Waals surface area contributed by atoms with Gasteiger partial charge in [-0.15, -0.1) is 5.10 Å². The molecule has 0 spiro atoms. The topological polar surface area (TPSA) is 97.2 Å². The molecule has 1 aliphatic heterocycles. The maximum Gasteiger partial charge on any atom is 0.319 e. The van der Waals surface area contributed by atoms with Gasteiger partial charge in [-0.2, -0.15) is 0 Å². The summed E-state index contributed by atoms with van der Waals surface area (Å²) in [7, 11) is 3.48. The number of anilines is 2. The standard InChI is InChI=1S/C21H24ClN7O2/c1-28-20(12-24-27-28)29-10-9-19(17(13-29)18-8-7-16(31-2)11-23-18)26-21(30)25-15-5-3-14(22)4-6-15/h3-8,11-12,17,19H,9-10,13H2,1-2H3,(H2,25,26,30). The predicted molar refractivity (Wildman–Crippen MR) is 119 cm³/mol. The van der Waals surface area contributed by atoms with Crippen LogP contribution in [0.2, 0.25) is 5.02 Å². The Bertz CT molecular complexity index is 1020. The number of nitrogens with one attached hydrogen (secondary N) is 2. The Morgan fingerprint density at radius 3 is 2.65 bits per heavy atom. The lowest BCUT2D eigenvalue weighted by Gasteiger charge is -2.39. The lowest BCUT2D eigenvalue weighted by atomic mass is 9.89. The highest BCUT2D eigenvalue weighted by molar-refractivity contribution is 6.30. The van der Waals surface area contributed by atoms with Gasteiger partial charge in [0, 0.05) is 48.5 Å². The van der Waals surface area contributed by atoms with Crippen molar-refractivity contribution in [3.05, 3.63) is 59.5 Å². The number of halogens is 1. The molecule has 0 saturated carbocycles. The van der Waals surface area contributed by atoms with E-state index in [1.807, 2.05) is 19.2 Å². The number of carbonyl (C=O) groups is 1. The van der Waals surface area contributed by atoms with Gasteiger partial charge in [0.1, 0.15) is 11.6 Å². The van der Waals surface area contributed by atoms with Crippen molar-refractivity contribution in [2.45, 2.75) is 18.4 Å². The van der Waals surface area contributed by atoms with E-state index >= 15 is 0 Å². The van der Waals surface area contributed by atoms with E-state index < -0.39 is 0 Å². The van der Waals surface area contributed by atoms with Crippen molar-refractivity contribution in [2.75, 3.05) is 30.4 Å². The molecule has 4 rings (SSSR count). The van der Waals surface area contributed by atoms with E-state index in [1.54, 1.807) is 48.5 Å². The second kappa shape index (κ2) is 9.22. The molecule has 31 heavy (non-hydrogen) atoms. The molecule has 162 valence electrons. The van der Waals surface area contributed by atoms with Crippen LogP contribution >= 0.6 is 11.6 Å². The number of hydrogen-bond acceptors (Lipinski definition) is 6. The maximum atomic E-state index is 12.7. The third-order valence-electron chi connectivity index (χ3n) is 5.42. The first-order valence-corrected chi connectivity index (χ1v) is 10.3. The van der Waals surface area contributed by atoms with Crippen LogP contribution in [0.3, 0.4) is 0 Å². The lowest BCUT2D eigenvalue weighted by molar-refractivity contribution is 0.243. The number of rotatable bonds is 5. The zero-order valence-corrected chi connectivity index (χ0v) is 18.1. The molecule has 1 fully saturated rings. The third-order valence-corrected chi connectivity index (χ3v) is 5.67. The summed E-state index contributed by atoms with van der Waals surface area (Å²) in [5, 5.41) is 14.6. The molecule has 3 heterocycles. The van der Waals surface area contributed by atoms with Crippen molar-refractivity contribution >= 4 is 29.1 Å². The minimum absolute atomic E-state index is 0.0227. The Morgan fingerprint density at radius 2 is 2.00 bits per heavy atom. The van der Waals surface area contributed by atoms with Crippen molar-refractivity contribution in [3.63, 3.8) is 0 Å². The van der Waals surface area contributed by atoms with E-state index in [2.05, 4.69) is 30.8 Å². The number of ether oxygens (including phenoxy) is 1. The van der Waals surface area contributed by atoms with Gasteiger partial charge in [-0.3, -0.25) is 4.98 Å². The summed E-state index contributed by atoms with van der Waals surface area (Å²) in [6.45, 7) is 1.44. The minimum Gasteiger partial charge on any atom is -0.495 e. The van der Waals surface area contributed by atoms with E-state index in [4.69, 9.17) is 16.3 Å². The first-order valence-electron chi connectivity index (χ1n) is 9.96. The molecule has 0 radical (unpaired) electrons. The number of nitrogens with zero attached hydrogens (tertiary/aromatic N) is 5. The van der Waals surface area contributed by atoms with Gasteiger partial charge >= 0.3 is 6.03 Å².